The molecule has 0 aromatic rings. The molecule has 0 amide bonds. The Labute approximate surface area is 55.1 Å². The summed E-state index contributed by atoms with van der Waals surface area (Å²) in [5.41, 5.74) is 0. The molecule has 0 fully saturated rings. The minimum atomic E-state index is -1.10. The van der Waals surface area contributed by atoms with Crippen molar-refractivity contribution < 1.29 is 17.9 Å². The molecule has 0 rings (SSSR count). The lowest BCUT2D eigenvalue weighted by Crippen LogP contribution is -2.02. The maximum Gasteiger partial charge on any atom is 0.0801 e. The first-order valence-electron chi connectivity index (χ1n) is 2.46. The maximum absolute atomic E-state index is 11.1. The van der Waals surface area contributed by atoms with Crippen LogP contribution in [0, 0.1) is 0 Å². The van der Waals surface area contributed by atoms with E-state index in [1.807, 2.05) is 0 Å². The zero-order chi connectivity index (χ0) is 7.98. The van der Waals surface area contributed by atoms with Crippen LogP contribution in [0.4, 0.5) is 17.9 Å². The van der Waals surface area contributed by atoms with E-state index in [0.717, 1.165) is 12.2 Å². The molecule has 0 heterocycles. The zero-order valence-electron chi connectivity index (χ0n) is 4.98. The highest BCUT2D eigenvalue weighted by molar-refractivity contribution is 4.83. The van der Waals surface area contributed by atoms with Crippen LogP contribution in [0.15, 0.2) is 12.2 Å². The molecule has 2 nitrogen and oxygen atoms in total. The van der Waals surface area contributed by atoms with E-state index >= 15 is 0 Å². The minimum absolute atomic E-state index is 0.631. The Morgan fingerprint density at radius 1 is 0.800 bits per heavy atom. The molecule has 6 heteroatoms. The van der Waals surface area contributed by atoms with Crippen molar-refractivity contribution >= 4 is 0 Å². The second kappa shape index (κ2) is 5.19. The smallest absolute Gasteiger partial charge is 0.0801 e. The number of halogens is 4. The third-order valence-corrected chi connectivity index (χ3v) is 0.654. The predicted molar refractivity (Wildman–Crippen MR) is 27.0 cm³/mol. The van der Waals surface area contributed by atoms with Crippen molar-refractivity contribution in [2.24, 2.45) is 0 Å². The molecule has 0 N–H and O–H groups in total. The van der Waals surface area contributed by atoms with E-state index < -0.39 is 23.8 Å². The van der Waals surface area contributed by atoms with Crippen LogP contribution < -0.4 is 0 Å². The third kappa shape index (κ3) is 7.38. The quantitative estimate of drug-likeness (QED) is 0.349. The summed E-state index contributed by atoms with van der Waals surface area (Å²) in [4.78, 5) is 0. The molecule has 0 spiro atoms. The van der Waals surface area contributed by atoms with Gasteiger partial charge < -0.3 is 0 Å². The van der Waals surface area contributed by atoms with Gasteiger partial charge in [0, 0.05) is 10.7 Å². The van der Waals surface area contributed by atoms with E-state index in [0.29, 0.717) is 0 Å². The molecule has 0 bridgehead atoms. The lowest BCUT2D eigenvalue weighted by molar-refractivity contribution is -0.146. The fourth-order valence-corrected chi connectivity index (χ4v) is 0.308. The molecular weight excluding hydrogens is 152 g/mol. The molecule has 0 saturated heterocycles. The average molecular weight is 158 g/mol. The molecule has 0 aromatic carbocycles. The summed E-state index contributed by atoms with van der Waals surface area (Å²) in [6.07, 6.45) is 1.90. The highest BCUT2D eigenvalue weighted by Crippen LogP contribution is 1.91. The third-order valence-electron chi connectivity index (χ3n) is 0.654. The summed E-state index contributed by atoms with van der Waals surface area (Å²) >= 11 is 0. The van der Waals surface area contributed by atoms with Gasteiger partial charge in [-0.25, -0.2) is 0 Å². The Morgan fingerprint density at radius 2 is 1.10 bits per heavy atom. The number of hydrogen-bond acceptors (Lipinski definition) is 2. The van der Waals surface area contributed by atoms with Crippen molar-refractivity contribution in [2.75, 3.05) is 13.1 Å². The van der Waals surface area contributed by atoms with E-state index in [4.69, 9.17) is 0 Å². The molecule has 0 atom stereocenters. The highest BCUT2D eigenvalue weighted by atomic mass is 19.4. The molecule has 0 aliphatic carbocycles. The highest BCUT2D eigenvalue weighted by Gasteiger charge is 1.94. The van der Waals surface area contributed by atoms with E-state index in [-0.39, 0.29) is 0 Å². The van der Waals surface area contributed by atoms with Crippen molar-refractivity contribution in [1.29, 1.82) is 0 Å². The molecule has 60 valence electrons. The Kier molecular flexibility index (Phi) is 4.87. The van der Waals surface area contributed by atoms with Gasteiger partial charge in [0.2, 0.25) is 0 Å². The van der Waals surface area contributed by atoms with Crippen molar-refractivity contribution in [3.8, 4) is 0 Å². The Bertz CT molecular complexity index is 91.4. The fourth-order valence-electron chi connectivity index (χ4n) is 0.308. The van der Waals surface area contributed by atoms with Crippen molar-refractivity contribution in [1.82, 2.24) is 10.7 Å². The van der Waals surface area contributed by atoms with E-state index in [2.05, 4.69) is 0 Å². The Morgan fingerprint density at radius 3 is 1.30 bits per heavy atom. The van der Waals surface area contributed by atoms with Gasteiger partial charge in [0.05, 0.1) is 13.1 Å². The summed E-state index contributed by atoms with van der Waals surface area (Å²) in [5, 5.41) is -2.20. The van der Waals surface area contributed by atoms with Gasteiger partial charge in [0.1, 0.15) is 0 Å². The molecule has 0 aromatic heterocycles. The van der Waals surface area contributed by atoms with Crippen LogP contribution in [-0.2, 0) is 0 Å². The molecule has 0 unspecified atom stereocenters. The lowest BCUT2D eigenvalue weighted by Gasteiger charge is -1.93. The van der Waals surface area contributed by atoms with Gasteiger partial charge in [-0.1, -0.05) is 12.2 Å². The van der Waals surface area contributed by atoms with Crippen molar-refractivity contribution in [3.63, 3.8) is 0 Å². The standard InChI is InChI=1S/C4H6F4N2/c5-9(6)3-1-2-4-10(7)8/h1-2H,3-4H2. The number of rotatable bonds is 4. The van der Waals surface area contributed by atoms with Crippen LogP contribution in [0.2, 0.25) is 0 Å². The van der Waals surface area contributed by atoms with Crippen LogP contribution >= 0.6 is 0 Å². The molecule has 0 aliphatic rings. The maximum atomic E-state index is 11.1. The molecule has 0 radical (unpaired) electrons. The number of nitrogens with zero attached hydrogens (tertiary/aromatic N) is 2. The van der Waals surface area contributed by atoms with Gasteiger partial charge in [-0.15, -0.1) is 17.9 Å². The van der Waals surface area contributed by atoms with Gasteiger partial charge in [0.15, 0.2) is 0 Å². The average Bonchev–Trinajstić information content (AvgIpc) is 1.79. The second-order valence-corrected chi connectivity index (χ2v) is 1.44. The summed E-state index contributed by atoms with van der Waals surface area (Å²) in [6.45, 7) is -1.26. The first-order valence-corrected chi connectivity index (χ1v) is 2.46. The largest absolute Gasteiger partial charge is 0.101 e. The normalized spacial score (nSPS) is 12.2. The Balaban J connectivity index is 3.20. The monoisotopic (exact) mass is 158 g/mol. The Hall–Kier alpha value is -0.620. The molecule has 0 saturated carbocycles. The predicted octanol–water partition coefficient (Wildman–Crippen LogP) is 1.68. The minimum Gasteiger partial charge on any atom is -0.101 e. The summed E-state index contributed by atoms with van der Waals surface area (Å²) in [5.74, 6) is 0. The first kappa shape index (κ1) is 9.38. The lowest BCUT2D eigenvalue weighted by atomic mass is 10.5. The SMILES string of the molecule is FN(F)CC=CCN(F)F. The van der Waals surface area contributed by atoms with Crippen molar-refractivity contribution in [3.05, 3.63) is 12.2 Å². The van der Waals surface area contributed by atoms with Gasteiger partial charge in [-0.05, 0) is 0 Å². The van der Waals surface area contributed by atoms with Crippen LogP contribution in [0.25, 0.3) is 0 Å². The molecule has 10 heavy (non-hydrogen) atoms. The van der Waals surface area contributed by atoms with Crippen LogP contribution in [-0.4, -0.2) is 23.8 Å². The van der Waals surface area contributed by atoms with Gasteiger partial charge in [0.25, 0.3) is 0 Å². The summed E-state index contributed by atoms with van der Waals surface area (Å²) in [6, 6.07) is 0. The molecule has 0 aliphatic heterocycles. The summed E-state index contributed by atoms with van der Waals surface area (Å²) < 4.78 is 44.6. The molecular formula is C4H6F4N2. The fraction of sp³-hybridized carbons (Fsp3) is 0.500. The van der Waals surface area contributed by atoms with Gasteiger partial charge in [-0.3, -0.25) is 0 Å². The van der Waals surface area contributed by atoms with E-state index in [9.17, 15) is 17.9 Å². The van der Waals surface area contributed by atoms with Crippen LogP contribution in [0.1, 0.15) is 0 Å². The van der Waals surface area contributed by atoms with E-state index in [1.54, 1.807) is 0 Å². The zero-order valence-corrected chi connectivity index (χ0v) is 4.98. The van der Waals surface area contributed by atoms with Crippen LogP contribution in [0.3, 0.4) is 0 Å². The summed E-state index contributed by atoms with van der Waals surface area (Å²) in [7, 11) is 0. The second-order valence-electron chi connectivity index (χ2n) is 1.44. The topological polar surface area (TPSA) is 6.48 Å². The van der Waals surface area contributed by atoms with Gasteiger partial charge >= 0.3 is 0 Å². The van der Waals surface area contributed by atoms with Crippen molar-refractivity contribution in [2.45, 2.75) is 0 Å². The first-order chi connectivity index (χ1) is 4.63. The van der Waals surface area contributed by atoms with Gasteiger partial charge in [-0.2, -0.15) is 0 Å². The number of hydrogen-bond donors (Lipinski definition) is 0. The van der Waals surface area contributed by atoms with Crippen LogP contribution in [0.5, 0.6) is 0 Å². The van der Waals surface area contributed by atoms with E-state index in [1.165, 1.54) is 0 Å².